The van der Waals surface area contributed by atoms with Crippen LogP contribution in [0, 0.1) is 0 Å². The zero-order valence-electron chi connectivity index (χ0n) is 10.7. The molecule has 0 unspecified atom stereocenters. The van der Waals surface area contributed by atoms with E-state index in [0.29, 0.717) is 18.1 Å². The number of hydrogen-bond acceptors (Lipinski definition) is 2. The summed E-state index contributed by atoms with van der Waals surface area (Å²) >= 11 is 0. The van der Waals surface area contributed by atoms with Gasteiger partial charge in [0.05, 0.1) is 0 Å². The van der Waals surface area contributed by atoms with Crippen LogP contribution < -0.4 is 0 Å². The zero-order valence-corrected chi connectivity index (χ0v) is 10.7. The van der Waals surface area contributed by atoms with Crippen LogP contribution in [0.2, 0.25) is 0 Å². The minimum absolute atomic E-state index is 0.220. The van der Waals surface area contributed by atoms with Crippen LogP contribution in [-0.4, -0.2) is 46.9 Å². The summed E-state index contributed by atoms with van der Waals surface area (Å²) < 4.78 is 0. The summed E-state index contributed by atoms with van der Waals surface area (Å²) in [6, 6.07) is 1.33. The molecule has 0 aromatic carbocycles. The van der Waals surface area contributed by atoms with Gasteiger partial charge in [0.25, 0.3) is 0 Å². The average Bonchev–Trinajstić information content (AvgIpc) is 2.15. The predicted octanol–water partition coefficient (Wildman–Crippen LogP) is 1.73. The maximum absolute atomic E-state index is 11.6. The van der Waals surface area contributed by atoms with Crippen molar-refractivity contribution in [1.82, 2.24) is 9.80 Å². The van der Waals surface area contributed by atoms with Gasteiger partial charge in [-0.25, -0.2) is 0 Å². The third kappa shape index (κ3) is 2.71. The Morgan fingerprint density at radius 3 is 2.40 bits per heavy atom. The second kappa shape index (κ2) is 4.97. The lowest BCUT2D eigenvalue weighted by Crippen LogP contribution is -2.60. The summed E-state index contributed by atoms with van der Waals surface area (Å²) in [5.41, 5.74) is 0. The van der Waals surface area contributed by atoms with E-state index in [1.165, 1.54) is 0 Å². The first-order valence-electron chi connectivity index (χ1n) is 6.00. The van der Waals surface area contributed by atoms with Crippen LogP contribution in [0.4, 0.5) is 0 Å². The van der Waals surface area contributed by atoms with E-state index in [9.17, 15) is 4.79 Å². The molecule has 1 heterocycles. The first-order valence-corrected chi connectivity index (χ1v) is 6.00. The molecule has 1 aliphatic rings. The Morgan fingerprint density at radius 1 is 1.40 bits per heavy atom. The Hall–Kier alpha value is -0.570. The molecule has 1 amide bonds. The van der Waals surface area contributed by atoms with Gasteiger partial charge < -0.3 is 4.90 Å². The molecule has 1 rings (SSSR count). The van der Waals surface area contributed by atoms with E-state index < -0.39 is 0 Å². The first-order chi connectivity index (χ1) is 6.97. The SMILES string of the molecule is CC[C@@H]1CN(C(C)C)C[C@@H](C)N1C(C)=O. The molecule has 0 spiro atoms. The lowest BCUT2D eigenvalue weighted by Gasteiger charge is -2.46. The standard InChI is InChI=1S/C12H24N2O/c1-6-12-8-13(9(2)3)7-10(4)14(12)11(5)15/h9-10,12H,6-8H2,1-5H3/t10-,12-/m1/s1. The molecule has 15 heavy (non-hydrogen) atoms. The number of rotatable bonds is 2. The van der Waals surface area contributed by atoms with Crippen molar-refractivity contribution in [2.75, 3.05) is 13.1 Å². The smallest absolute Gasteiger partial charge is 0.220 e. The lowest BCUT2D eigenvalue weighted by atomic mass is 10.0. The Morgan fingerprint density at radius 2 is 2.00 bits per heavy atom. The third-order valence-electron chi connectivity index (χ3n) is 3.38. The van der Waals surface area contributed by atoms with Crippen LogP contribution in [0.15, 0.2) is 0 Å². The maximum Gasteiger partial charge on any atom is 0.220 e. The molecule has 0 aliphatic carbocycles. The molecule has 1 fully saturated rings. The molecular weight excluding hydrogens is 188 g/mol. The Bertz CT molecular complexity index is 228. The van der Waals surface area contributed by atoms with Crippen molar-refractivity contribution in [2.45, 2.75) is 59.2 Å². The molecule has 0 aromatic rings. The van der Waals surface area contributed by atoms with Gasteiger partial charge in [-0.15, -0.1) is 0 Å². The van der Waals surface area contributed by atoms with Crippen LogP contribution in [-0.2, 0) is 4.79 Å². The number of carbonyl (C=O) groups excluding carboxylic acids is 1. The van der Waals surface area contributed by atoms with E-state index in [1.54, 1.807) is 6.92 Å². The monoisotopic (exact) mass is 212 g/mol. The van der Waals surface area contributed by atoms with E-state index >= 15 is 0 Å². The Kier molecular flexibility index (Phi) is 4.14. The molecule has 1 aliphatic heterocycles. The molecule has 88 valence electrons. The van der Waals surface area contributed by atoms with E-state index in [4.69, 9.17) is 0 Å². The summed E-state index contributed by atoms with van der Waals surface area (Å²) in [6.45, 7) is 12.5. The van der Waals surface area contributed by atoms with Crippen molar-refractivity contribution < 1.29 is 4.79 Å². The van der Waals surface area contributed by atoms with Gasteiger partial charge in [0.15, 0.2) is 0 Å². The van der Waals surface area contributed by atoms with Crippen molar-refractivity contribution in [1.29, 1.82) is 0 Å². The molecule has 2 atom stereocenters. The van der Waals surface area contributed by atoms with Crippen LogP contribution in [0.3, 0.4) is 0 Å². The van der Waals surface area contributed by atoms with Gasteiger partial charge in [-0.2, -0.15) is 0 Å². The molecule has 0 N–H and O–H groups in total. The van der Waals surface area contributed by atoms with Crippen LogP contribution in [0.25, 0.3) is 0 Å². The van der Waals surface area contributed by atoms with Crippen LogP contribution in [0.5, 0.6) is 0 Å². The van der Waals surface area contributed by atoms with E-state index in [0.717, 1.165) is 19.5 Å². The molecule has 1 saturated heterocycles. The number of carbonyl (C=O) groups is 1. The van der Waals surface area contributed by atoms with Gasteiger partial charge in [0, 0.05) is 38.1 Å². The van der Waals surface area contributed by atoms with Crippen LogP contribution in [0.1, 0.15) is 41.0 Å². The molecular formula is C12H24N2O. The van der Waals surface area contributed by atoms with Crippen molar-refractivity contribution >= 4 is 5.91 Å². The average molecular weight is 212 g/mol. The number of hydrogen-bond donors (Lipinski definition) is 0. The quantitative estimate of drug-likeness (QED) is 0.696. The minimum Gasteiger partial charge on any atom is -0.335 e. The minimum atomic E-state index is 0.220. The largest absolute Gasteiger partial charge is 0.335 e. The fourth-order valence-electron chi connectivity index (χ4n) is 2.54. The van der Waals surface area contributed by atoms with Gasteiger partial charge >= 0.3 is 0 Å². The van der Waals surface area contributed by atoms with Gasteiger partial charge in [0.1, 0.15) is 0 Å². The van der Waals surface area contributed by atoms with Gasteiger partial charge in [-0.1, -0.05) is 6.92 Å². The normalized spacial score (nSPS) is 28.5. The summed E-state index contributed by atoms with van der Waals surface area (Å²) in [7, 11) is 0. The van der Waals surface area contributed by atoms with Crippen molar-refractivity contribution in [3.05, 3.63) is 0 Å². The highest BCUT2D eigenvalue weighted by molar-refractivity contribution is 5.74. The second-order valence-electron chi connectivity index (χ2n) is 4.89. The number of nitrogens with zero attached hydrogens (tertiary/aromatic N) is 2. The highest BCUT2D eigenvalue weighted by Gasteiger charge is 2.33. The fourth-order valence-corrected chi connectivity index (χ4v) is 2.54. The molecule has 3 heteroatoms. The van der Waals surface area contributed by atoms with E-state index in [-0.39, 0.29) is 5.91 Å². The van der Waals surface area contributed by atoms with E-state index in [1.807, 2.05) is 0 Å². The van der Waals surface area contributed by atoms with Crippen LogP contribution >= 0.6 is 0 Å². The van der Waals surface area contributed by atoms with Gasteiger partial charge in [-0.3, -0.25) is 9.69 Å². The molecule has 0 radical (unpaired) electrons. The van der Waals surface area contributed by atoms with Crippen molar-refractivity contribution in [3.63, 3.8) is 0 Å². The molecule has 3 nitrogen and oxygen atoms in total. The Balaban J connectivity index is 2.75. The highest BCUT2D eigenvalue weighted by atomic mass is 16.2. The van der Waals surface area contributed by atoms with Crippen molar-refractivity contribution in [2.24, 2.45) is 0 Å². The third-order valence-corrected chi connectivity index (χ3v) is 3.38. The zero-order chi connectivity index (χ0) is 11.6. The molecule has 0 saturated carbocycles. The predicted molar refractivity (Wildman–Crippen MR) is 62.8 cm³/mol. The summed E-state index contributed by atoms with van der Waals surface area (Å²) in [6.07, 6.45) is 1.05. The number of amides is 1. The second-order valence-corrected chi connectivity index (χ2v) is 4.89. The summed E-state index contributed by atoms with van der Waals surface area (Å²) in [5, 5.41) is 0. The van der Waals surface area contributed by atoms with Gasteiger partial charge in [-0.05, 0) is 27.2 Å². The Labute approximate surface area is 93.4 Å². The highest BCUT2D eigenvalue weighted by Crippen LogP contribution is 2.19. The topological polar surface area (TPSA) is 23.6 Å². The van der Waals surface area contributed by atoms with E-state index in [2.05, 4.69) is 37.5 Å². The summed E-state index contributed by atoms with van der Waals surface area (Å²) in [5.74, 6) is 0.220. The first kappa shape index (κ1) is 12.5. The molecule has 0 bridgehead atoms. The summed E-state index contributed by atoms with van der Waals surface area (Å²) in [4.78, 5) is 16.1. The lowest BCUT2D eigenvalue weighted by molar-refractivity contribution is -0.137. The molecule has 0 aromatic heterocycles. The number of piperazine rings is 1. The maximum atomic E-state index is 11.6. The fraction of sp³-hybridized carbons (Fsp3) is 0.917. The van der Waals surface area contributed by atoms with Crippen molar-refractivity contribution in [3.8, 4) is 0 Å². The van der Waals surface area contributed by atoms with Gasteiger partial charge in [0.2, 0.25) is 5.91 Å².